The Kier molecular flexibility index (Phi) is 2.82. The minimum Gasteiger partial charge on any atom is -0.465 e. The van der Waals surface area contributed by atoms with Crippen molar-refractivity contribution in [3.63, 3.8) is 0 Å². The minimum absolute atomic E-state index is 0.0328. The van der Waals surface area contributed by atoms with Crippen LogP contribution in [-0.2, 0) is 10.9 Å². The van der Waals surface area contributed by atoms with Crippen molar-refractivity contribution in [1.82, 2.24) is 0 Å². The van der Waals surface area contributed by atoms with Crippen molar-refractivity contribution in [3.05, 3.63) is 34.7 Å². The maximum Gasteiger partial charge on any atom is 0.418 e. The number of fused-ring (bicyclic) bond motifs is 1. The second-order valence-corrected chi connectivity index (χ2v) is 4.34. The van der Waals surface area contributed by atoms with Gasteiger partial charge in [-0.05, 0) is 6.07 Å². The molecule has 0 spiro atoms. The van der Waals surface area contributed by atoms with Gasteiger partial charge in [0.15, 0.2) is 0 Å². The summed E-state index contributed by atoms with van der Waals surface area (Å²) >= 11 is 0.789. The third-order valence-corrected chi connectivity index (χ3v) is 3.40. The number of thiophene rings is 1. The van der Waals surface area contributed by atoms with Gasteiger partial charge in [0.25, 0.3) is 0 Å². The molecule has 0 aliphatic rings. The standard InChI is InChI=1S/C11H7F3O2S/c1-16-10(15)9-8(11(12,13)14)6-4-2-3-5-7(6)17-9/h2-5H,1H3. The van der Waals surface area contributed by atoms with Crippen LogP contribution in [0.4, 0.5) is 13.2 Å². The summed E-state index contributed by atoms with van der Waals surface area (Å²) in [4.78, 5) is 10.9. The molecule has 17 heavy (non-hydrogen) atoms. The lowest BCUT2D eigenvalue weighted by Gasteiger charge is -2.07. The van der Waals surface area contributed by atoms with Crippen LogP contribution in [0.1, 0.15) is 15.2 Å². The van der Waals surface area contributed by atoms with Crippen LogP contribution in [0.3, 0.4) is 0 Å². The molecule has 0 aliphatic carbocycles. The fourth-order valence-corrected chi connectivity index (χ4v) is 2.70. The Labute approximate surface area is 98.6 Å². The fraction of sp³-hybridized carbons (Fsp3) is 0.182. The molecule has 2 aromatic rings. The van der Waals surface area contributed by atoms with Crippen molar-refractivity contribution in [2.75, 3.05) is 7.11 Å². The molecule has 0 saturated heterocycles. The highest BCUT2D eigenvalue weighted by molar-refractivity contribution is 7.21. The topological polar surface area (TPSA) is 26.3 Å². The molecule has 2 nitrogen and oxygen atoms in total. The van der Waals surface area contributed by atoms with E-state index in [0.717, 1.165) is 18.4 Å². The van der Waals surface area contributed by atoms with E-state index in [1.54, 1.807) is 12.1 Å². The van der Waals surface area contributed by atoms with Gasteiger partial charge in [-0.15, -0.1) is 11.3 Å². The Hall–Kier alpha value is -1.56. The van der Waals surface area contributed by atoms with Gasteiger partial charge in [-0.3, -0.25) is 0 Å². The molecule has 0 aliphatic heterocycles. The third kappa shape index (κ3) is 2.00. The van der Waals surface area contributed by atoms with Gasteiger partial charge in [0.2, 0.25) is 0 Å². The van der Waals surface area contributed by atoms with Crippen molar-refractivity contribution in [2.24, 2.45) is 0 Å². The van der Waals surface area contributed by atoms with E-state index in [1.165, 1.54) is 12.1 Å². The zero-order valence-corrected chi connectivity index (χ0v) is 9.48. The highest BCUT2D eigenvalue weighted by Gasteiger charge is 2.39. The summed E-state index contributed by atoms with van der Waals surface area (Å²) < 4.78 is 43.5. The Balaban J connectivity index is 2.79. The van der Waals surface area contributed by atoms with Crippen molar-refractivity contribution in [1.29, 1.82) is 0 Å². The molecule has 1 aromatic carbocycles. The van der Waals surface area contributed by atoms with Crippen molar-refractivity contribution in [3.8, 4) is 0 Å². The van der Waals surface area contributed by atoms with Gasteiger partial charge in [0.1, 0.15) is 4.88 Å². The summed E-state index contributed by atoms with van der Waals surface area (Å²) in [6.07, 6.45) is -4.57. The Morgan fingerprint density at radius 3 is 2.53 bits per heavy atom. The summed E-state index contributed by atoms with van der Waals surface area (Å²) in [5, 5.41) is 0.0328. The number of carbonyl (C=O) groups is 1. The average molecular weight is 260 g/mol. The summed E-state index contributed by atoms with van der Waals surface area (Å²) in [6, 6.07) is 6.02. The zero-order valence-electron chi connectivity index (χ0n) is 8.67. The van der Waals surface area contributed by atoms with E-state index >= 15 is 0 Å². The smallest absolute Gasteiger partial charge is 0.418 e. The maximum absolute atomic E-state index is 12.9. The molecule has 1 heterocycles. The molecule has 90 valence electrons. The second-order valence-electron chi connectivity index (χ2n) is 3.29. The monoisotopic (exact) mass is 260 g/mol. The Morgan fingerprint density at radius 2 is 1.94 bits per heavy atom. The molecular formula is C11H7F3O2S. The number of esters is 1. The van der Waals surface area contributed by atoms with Crippen LogP contribution >= 0.6 is 11.3 Å². The van der Waals surface area contributed by atoms with Crippen LogP contribution in [0.25, 0.3) is 10.1 Å². The predicted molar refractivity (Wildman–Crippen MR) is 58.2 cm³/mol. The summed E-state index contributed by atoms with van der Waals surface area (Å²) in [5.74, 6) is -0.960. The van der Waals surface area contributed by atoms with Crippen molar-refractivity contribution >= 4 is 27.4 Å². The predicted octanol–water partition coefficient (Wildman–Crippen LogP) is 3.71. The van der Waals surface area contributed by atoms with Crippen molar-refractivity contribution < 1.29 is 22.7 Å². The number of hydrogen-bond donors (Lipinski definition) is 0. The first-order valence-corrected chi connectivity index (χ1v) is 5.44. The molecule has 0 bridgehead atoms. The largest absolute Gasteiger partial charge is 0.465 e. The normalized spacial score (nSPS) is 11.8. The first kappa shape index (κ1) is 11.9. The summed E-state index contributed by atoms with van der Waals surface area (Å²) in [5.41, 5.74) is -0.912. The molecule has 1 aromatic heterocycles. The number of rotatable bonds is 1. The Morgan fingerprint density at radius 1 is 1.29 bits per heavy atom. The first-order chi connectivity index (χ1) is 7.95. The number of carbonyl (C=O) groups excluding carboxylic acids is 1. The number of alkyl halides is 3. The highest BCUT2D eigenvalue weighted by atomic mass is 32.1. The zero-order chi connectivity index (χ0) is 12.6. The van der Waals surface area contributed by atoms with Crippen LogP contribution in [0.15, 0.2) is 24.3 Å². The molecule has 2 rings (SSSR count). The average Bonchev–Trinajstić information content (AvgIpc) is 2.66. The molecular weight excluding hydrogens is 253 g/mol. The van der Waals surface area contributed by atoms with Crippen LogP contribution in [0.5, 0.6) is 0 Å². The number of halogens is 3. The third-order valence-electron chi connectivity index (χ3n) is 2.25. The van der Waals surface area contributed by atoms with Gasteiger partial charge < -0.3 is 4.74 Å². The minimum atomic E-state index is -4.57. The quantitative estimate of drug-likeness (QED) is 0.731. The summed E-state index contributed by atoms with van der Waals surface area (Å²) in [6.45, 7) is 0. The lowest BCUT2D eigenvalue weighted by Crippen LogP contribution is -2.11. The highest BCUT2D eigenvalue weighted by Crippen LogP contribution is 2.42. The van der Waals surface area contributed by atoms with Gasteiger partial charge >= 0.3 is 12.1 Å². The van der Waals surface area contributed by atoms with Crippen LogP contribution in [-0.4, -0.2) is 13.1 Å². The second kappa shape index (κ2) is 4.03. The van der Waals surface area contributed by atoms with Gasteiger partial charge in [-0.25, -0.2) is 4.79 Å². The summed E-state index contributed by atoms with van der Waals surface area (Å²) in [7, 11) is 1.06. The molecule has 0 unspecified atom stereocenters. The van der Waals surface area contributed by atoms with E-state index in [4.69, 9.17) is 0 Å². The van der Waals surface area contributed by atoms with E-state index in [9.17, 15) is 18.0 Å². The maximum atomic E-state index is 12.9. The fourth-order valence-electron chi connectivity index (χ4n) is 1.56. The number of hydrogen-bond acceptors (Lipinski definition) is 3. The number of benzene rings is 1. The van der Waals surface area contributed by atoms with Crippen LogP contribution in [0, 0.1) is 0 Å². The van der Waals surface area contributed by atoms with E-state index in [-0.39, 0.29) is 5.39 Å². The van der Waals surface area contributed by atoms with Crippen molar-refractivity contribution in [2.45, 2.75) is 6.18 Å². The number of methoxy groups -OCH3 is 1. The van der Waals surface area contributed by atoms with Gasteiger partial charge in [0, 0.05) is 10.1 Å². The van der Waals surface area contributed by atoms with Gasteiger partial charge in [-0.1, -0.05) is 18.2 Å². The number of ether oxygens (including phenoxy) is 1. The lowest BCUT2D eigenvalue weighted by atomic mass is 10.1. The molecule has 0 radical (unpaired) electrons. The Bertz CT molecular complexity index is 572. The van der Waals surface area contributed by atoms with Crippen LogP contribution in [0.2, 0.25) is 0 Å². The van der Waals surface area contributed by atoms with E-state index in [2.05, 4.69) is 4.74 Å². The molecule has 0 saturated carbocycles. The molecule has 6 heteroatoms. The van der Waals surface area contributed by atoms with E-state index < -0.39 is 22.6 Å². The van der Waals surface area contributed by atoms with Gasteiger partial charge in [-0.2, -0.15) is 13.2 Å². The van der Waals surface area contributed by atoms with Crippen LogP contribution < -0.4 is 0 Å². The van der Waals surface area contributed by atoms with E-state index in [1.807, 2.05) is 0 Å². The molecule has 0 atom stereocenters. The van der Waals surface area contributed by atoms with E-state index in [0.29, 0.717) is 4.70 Å². The van der Waals surface area contributed by atoms with Gasteiger partial charge in [0.05, 0.1) is 12.7 Å². The molecule has 0 fully saturated rings. The SMILES string of the molecule is COC(=O)c1sc2ccccc2c1C(F)(F)F. The molecule has 0 amide bonds. The first-order valence-electron chi connectivity index (χ1n) is 4.62. The lowest BCUT2D eigenvalue weighted by molar-refractivity contribution is -0.136. The molecule has 0 N–H and O–H groups in total.